The zero-order valence-corrected chi connectivity index (χ0v) is 12.7. The molecular formula is C16H22N2O3. The monoisotopic (exact) mass is 290 g/mol. The van der Waals surface area contributed by atoms with Gasteiger partial charge in [0.25, 0.3) is 0 Å². The van der Waals surface area contributed by atoms with Crippen LogP contribution in [0.1, 0.15) is 64.1 Å². The number of carboxylic acids is 1. The molecule has 5 rings (SSSR count). The maximum atomic E-state index is 10.8. The Bertz CT molecular complexity index is 590. The summed E-state index contributed by atoms with van der Waals surface area (Å²) < 4.78 is 5.19. The van der Waals surface area contributed by atoms with Gasteiger partial charge in [-0.25, -0.2) is 0 Å². The summed E-state index contributed by atoms with van der Waals surface area (Å²) in [5, 5.41) is 13.0. The Balaban J connectivity index is 1.70. The van der Waals surface area contributed by atoms with Crippen molar-refractivity contribution < 1.29 is 14.4 Å². The number of hydrogen-bond acceptors (Lipinski definition) is 4. The summed E-state index contributed by atoms with van der Waals surface area (Å²) in [6, 6.07) is 0. The number of carbonyl (C=O) groups is 1. The normalized spacial score (nSPS) is 44.2. The second kappa shape index (κ2) is 3.87. The van der Waals surface area contributed by atoms with Gasteiger partial charge >= 0.3 is 5.97 Å². The van der Waals surface area contributed by atoms with Crippen LogP contribution in [0.4, 0.5) is 0 Å². The topological polar surface area (TPSA) is 76.2 Å². The van der Waals surface area contributed by atoms with Crippen LogP contribution in [0.25, 0.3) is 0 Å². The lowest BCUT2D eigenvalue weighted by Gasteiger charge is -2.64. The maximum absolute atomic E-state index is 10.8. The van der Waals surface area contributed by atoms with Gasteiger partial charge in [0.05, 0.1) is 0 Å². The fraction of sp³-hybridized carbons (Fsp3) is 0.812. The van der Waals surface area contributed by atoms with Gasteiger partial charge in [0, 0.05) is 5.41 Å². The standard InChI is InChI=1S/C16H22N2O3/c1-14-4-10-5-15(2,7-14)9-16(6-10,8-14)13-17-11(21-18-13)3-12(19)20/h10H,3-9H2,1-2H3,(H,19,20). The van der Waals surface area contributed by atoms with Crippen molar-refractivity contribution in [3.05, 3.63) is 11.7 Å². The summed E-state index contributed by atoms with van der Waals surface area (Å²) in [5.41, 5.74) is 0.798. The van der Waals surface area contributed by atoms with E-state index in [2.05, 4.69) is 24.0 Å². The third-order valence-electron chi connectivity index (χ3n) is 5.87. The van der Waals surface area contributed by atoms with E-state index in [9.17, 15) is 4.79 Å². The van der Waals surface area contributed by atoms with E-state index in [-0.39, 0.29) is 17.7 Å². The molecule has 1 aromatic rings. The van der Waals surface area contributed by atoms with Gasteiger partial charge in [-0.3, -0.25) is 4.79 Å². The fourth-order valence-corrected chi connectivity index (χ4v) is 6.37. The van der Waals surface area contributed by atoms with Gasteiger partial charge in [-0.15, -0.1) is 0 Å². The SMILES string of the molecule is CC12CC3CC(C)(C1)CC(c1noc(CC(=O)O)n1)(C3)C2. The minimum atomic E-state index is -0.922. The van der Waals surface area contributed by atoms with Crippen LogP contribution in [0.3, 0.4) is 0 Å². The molecule has 1 heterocycles. The molecule has 4 aliphatic carbocycles. The highest BCUT2D eigenvalue weighted by molar-refractivity contribution is 5.68. The summed E-state index contributed by atoms with van der Waals surface area (Å²) in [6.45, 7) is 4.81. The van der Waals surface area contributed by atoms with Gasteiger partial charge in [-0.1, -0.05) is 19.0 Å². The van der Waals surface area contributed by atoms with Crippen molar-refractivity contribution >= 4 is 5.97 Å². The van der Waals surface area contributed by atoms with Crippen LogP contribution in [-0.2, 0) is 16.6 Å². The van der Waals surface area contributed by atoms with Crippen molar-refractivity contribution in [2.45, 2.75) is 64.2 Å². The lowest BCUT2D eigenvalue weighted by Crippen LogP contribution is -2.57. The molecule has 0 radical (unpaired) electrons. The molecule has 0 spiro atoms. The average molecular weight is 290 g/mol. The molecule has 5 nitrogen and oxygen atoms in total. The van der Waals surface area contributed by atoms with Crippen LogP contribution in [0.15, 0.2) is 4.52 Å². The molecule has 4 saturated carbocycles. The number of carboxylic acid groups (broad SMARTS) is 1. The molecule has 4 bridgehead atoms. The highest BCUT2D eigenvalue weighted by Crippen LogP contribution is 2.69. The molecule has 5 heteroatoms. The van der Waals surface area contributed by atoms with E-state index in [0.29, 0.717) is 10.8 Å². The van der Waals surface area contributed by atoms with Crippen LogP contribution >= 0.6 is 0 Å². The third kappa shape index (κ3) is 2.00. The first kappa shape index (κ1) is 13.3. The van der Waals surface area contributed by atoms with Crippen LogP contribution in [-0.4, -0.2) is 21.2 Å². The molecule has 0 amide bonds. The lowest BCUT2D eigenvalue weighted by atomic mass is 9.40. The largest absolute Gasteiger partial charge is 0.481 e. The van der Waals surface area contributed by atoms with E-state index in [1.807, 2.05) is 0 Å². The Hall–Kier alpha value is -1.39. The van der Waals surface area contributed by atoms with Crippen molar-refractivity contribution in [1.29, 1.82) is 0 Å². The zero-order valence-electron chi connectivity index (χ0n) is 12.7. The molecule has 1 aromatic heterocycles. The first-order valence-electron chi connectivity index (χ1n) is 7.85. The van der Waals surface area contributed by atoms with Gasteiger partial charge in [-0.2, -0.15) is 4.98 Å². The number of rotatable bonds is 3. The summed E-state index contributed by atoms with van der Waals surface area (Å²) in [4.78, 5) is 15.2. The average Bonchev–Trinajstić information content (AvgIpc) is 2.71. The fourth-order valence-electron chi connectivity index (χ4n) is 6.37. The van der Waals surface area contributed by atoms with Crippen molar-refractivity contribution in [2.75, 3.05) is 0 Å². The molecule has 0 saturated heterocycles. The van der Waals surface area contributed by atoms with Gasteiger partial charge in [-0.05, 0) is 55.3 Å². The summed E-state index contributed by atoms with van der Waals surface area (Å²) in [5.74, 6) is 0.844. The number of aliphatic carboxylic acids is 1. The highest BCUT2D eigenvalue weighted by Gasteiger charge is 2.62. The molecule has 114 valence electrons. The van der Waals surface area contributed by atoms with Crippen molar-refractivity contribution in [3.63, 3.8) is 0 Å². The quantitative estimate of drug-likeness (QED) is 0.926. The van der Waals surface area contributed by atoms with Gasteiger partial charge < -0.3 is 9.63 Å². The third-order valence-corrected chi connectivity index (χ3v) is 5.87. The summed E-state index contributed by atoms with van der Waals surface area (Å²) >= 11 is 0. The van der Waals surface area contributed by atoms with E-state index >= 15 is 0 Å². The van der Waals surface area contributed by atoms with E-state index in [4.69, 9.17) is 9.63 Å². The van der Waals surface area contributed by atoms with Crippen LogP contribution in [0.2, 0.25) is 0 Å². The van der Waals surface area contributed by atoms with E-state index in [0.717, 1.165) is 31.0 Å². The Morgan fingerprint density at radius 1 is 1.24 bits per heavy atom. The molecular weight excluding hydrogens is 268 g/mol. The molecule has 4 aliphatic rings. The van der Waals surface area contributed by atoms with Crippen LogP contribution in [0.5, 0.6) is 0 Å². The summed E-state index contributed by atoms with van der Waals surface area (Å²) in [7, 11) is 0. The first-order valence-corrected chi connectivity index (χ1v) is 7.85. The number of hydrogen-bond donors (Lipinski definition) is 1. The van der Waals surface area contributed by atoms with Gasteiger partial charge in [0.2, 0.25) is 5.89 Å². The Kier molecular flexibility index (Phi) is 2.45. The lowest BCUT2D eigenvalue weighted by molar-refractivity contribution is -0.136. The van der Waals surface area contributed by atoms with Crippen molar-refractivity contribution in [3.8, 4) is 0 Å². The predicted octanol–water partition coefficient (Wildman–Crippen LogP) is 2.94. The Morgan fingerprint density at radius 3 is 2.48 bits per heavy atom. The molecule has 21 heavy (non-hydrogen) atoms. The molecule has 0 aromatic carbocycles. The van der Waals surface area contributed by atoms with Crippen molar-refractivity contribution in [2.24, 2.45) is 16.7 Å². The van der Waals surface area contributed by atoms with Gasteiger partial charge in [0.1, 0.15) is 6.42 Å². The molecule has 2 unspecified atom stereocenters. The van der Waals surface area contributed by atoms with Crippen LogP contribution < -0.4 is 0 Å². The second-order valence-corrected chi connectivity index (χ2v) is 8.49. The maximum Gasteiger partial charge on any atom is 0.312 e. The van der Waals surface area contributed by atoms with Crippen LogP contribution in [0, 0.1) is 16.7 Å². The Morgan fingerprint density at radius 2 is 1.90 bits per heavy atom. The van der Waals surface area contributed by atoms with E-state index in [1.54, 1.807) is 0 Å². The minimum absolute atomic E-state index is 0.0170. The first-order chi connectivity index (χ1) is 9.80. The minimum Gasteiger partial charge on any atom is -0.481 e. The van der Waals surface area contributed by atoms with Crippen molar-refractivity contribution in [1.82, 2.24) is 10.1 Å². The van der Waals surface area contributed by atoms with E-state index in [1.165, 1.54) is 19.3 Å². The summed E-state index contributed by atoms with van der Waals surface area (Å²) in [6.07, 6.45) is 7.16. The highest BCUT2D eigenvalue weighted by atomic mass is 16.5. The predicted molar refractivity (Wildman–Crippen MR) is 74.7 cm³/mol. The molecule has 2 atom stereocenters. The smallest absolute Gasteiger partial charge is 0.312 e. The second-order valence-electron chi connectivity index (χ2n) is 8.49. The van der Waals surface area contributed by atoms with Gasteiger partial charge in [0.15, 0.2) is 5.82 Å². The molecule has 4 fully saturated rings. The molecule has 0 aliphatic heterocycles. The van der Waals surface area contributed by atoms with E-state index < -0.39 is 5.97 Å². The number of aromatic nitrogens is 2. The number of nitrogens with zero attached hydrogens (tertiary/aromatic N) is 2. The Labute approximate surface area is 124 Å². The molecule has 1 N–H and O–H groups in total. The zero-order chi connectivity index (χ0) is 14.9.